The Morgan fingerprint density at radius 2 is 2.27 bits per heavy atom. The maximum absolute atomic E-state index is 9.88. The molecule has 0 aromatic carbocycles. The van der Waals surface area contributed by atoms with Gasteiger partial charge in [-0.1, -0.05) is 0 Å². The number of rotatable bonds is 2. The first-order valence-corrected chi connectivity index (χ1v) is 4.83. The van der Waals surface area contributed by atoms with E-state index < -0.39 is 6.10 Å². The first kappa shape index (κ1) is 10.1. The van der Waals surface area contributed by atoms with Gasteiger partial charge < -0.3 is 15.2 Å². The standard InChI is InChI=1S/C10H14N4O/c1-6(11)10(15)9-8-5-12-3-4-14(8)7(2)13-9/h3-6,10,15H,11H2,1-2H3. The normalized spacial score (nSPS) is 15.5. The van der Waals surface area contributed by atoms with Crippen LogP contribution in [0.15, 0.2) is 18.6 Å². The molecule has 2 atom stereocenters. The van der Waals surface area contributed by atoms with E-state index in [2.05, 4.69) is 9.97 Å². The van der Waals surface area contributed by atoms with E-state index in [1.165, 1.54) is 0 Å². The molecular formula is C10H14N4O. The van der Waals surface area contributed by atoms with E-state index in [-0.39, 0.29) is 6.04 Å². The molecule has 5 heteroatoms. The lowest BCUT2D eigenvalue weighted by Crippen LogP contribution is -2.24. The quantitative estimate of drug-likeness (QED) is 0.746. The van der Waals surface area contributed by atoms with Crippen LogP contribution < -0.4 is 5.73 Å². The fraction of sp³-hybridized carbons (Fsp3) is 0.400. The molecule has 15 heavy (non-hydrogen) atoms. The van der Waals surface area contributed by atoms with E-state index in [1.54, 1.807) is 19.3 Å². The lowest BCUT2D eigenvalue weighted by molar-refractivity contribution is 0.150. The molecule has 3 N–H and O–H groups in total. The smallest absolute Gasteiger partial charge is 0.113 e. The Morgan fingerprint density at radius 1 is 1.53 bits per heavy atom. The van der Waals surface area contributed by atoms with Crippen molar-refractivity contribution in [1.29, 1.82) is 0 Å². The summed E-state index contributed by atoms with van der Waals surface area (Å²) in [6, 6.07) is -0.344. The van der Waals surface area contributed by atoms with Gasteiger partial charge in [-0.15, -0.1) is 0 Å². The Kier molecular flexibility index (Phi) is 2.42. The van der Waals surface area contributed by atoms with Crippen LogP contribution >= 0.6 is 0 Å². The predicted molar refractivity (Wildman–Crippen MR) is 56.3 cm³/mol. The highest BCUT2D eigenvalue weighted by molar-refractivity contribution is 5.52. The molecule has 0 saturated heterocycles. The summed E-state index contributed by atoms with van der Waals surface area (Å²) in [6.07, 6.45) is 4.43. The molecule has 0 bridgehead atoms. The molecule has 0 aliphatic carbocycles. The number of hydrogen-bond donors (Lipinski definition) is 2. The zero-order valence-corrected chi connectivity index (χ0v) is 8.75. The molecule has 2 heterocycles. The number of imidazole rings is 1. The third-order valence-electron chi connectivity index (χ3n) is 2.43. The number of aliphatic hydroxyl groups excluding tert-OH is 1. The fourth-order valence-electron chi connectivity index (χ4n) is 1.59. The Hall–Kier alpha value is -1.46. The van der Waals surface area contributed by atoms with E-state index in [0.29, 0.717) is 5.69 Å². The van der Waals surface area contributed by atoms with Gasteiger partial charge in [-0.25, -0.2) is 4.98 Å². The predicted octanol–water partition coefficient (Wildman–Crippen LogP) is 0.418. The van der Waals surface area contributed by atoms with E-state index >= 15 is 0 Å². The second-order valence-corrected chi connectivity index (χ2v) is 3.68. The van der Waals surface area contributed by atoms with Crippen molar-refractivity contribution in [3.8, 4) is 0 Å². The number of hydrogen-bond acceptors (Lipinski definition) is 4. The van der Waals surface area contributed by atoms with Crippen molar-refractivity contribution in [1.82, 2.24) is 14.4 Å². The first-order chi connectivity index (χ1) is 7.11. The molecule has 2 unspecified atom stereocenters. The molecule has 0 spiro atoms. The highest BCUT2D eigenvalue weighted by Gasteiger charge is 2.19. The number of aryl methyl sites for hydroxylation is 1. The van der Waals surface area contributed by atoms with E-state index in [9.17, 15) is 5.11 Å². The molecule has 0 fully saturated rings. The van der Waals surface area contributed by atoms with Crippen LogP contribution in [-0.2, 0) is 0 Å². The third-order valence-corrected chi connectivity index (χ3v) is 2.43. The number of nitrogens with two attached hydrogens (primary N) is 1. The Balaban J connectivity index is 2.62. The zero-order valence-electron chi connectivity index (χ0n) is 8.75. The molecule has 0 radical (unpaired) electrons. The molecule has 5 nitrogen and oxygen atoms in total. The van der Waals surface area contributed by atoms with Gasteiger partial charge in [0.2, 0.25) is 0 Å². The lowest BCUT2D eigenvalue weighted by Gasteiger charge is -2.11. The average molecular weight is 206 g/mol. The number of aromatic nitrogens is 3. The molecule has 0 aliphatic rings. The van der Waals surface area contributed by atoms with Crippen LogP contribution in [0.25, 0.3) is 5.52 Å². The molecule has 0 amide bonds. The van der Waals surface area contributed by atoms with Gasteiger partial charge in [0.25, 0.3) is 0 Å². The van der Waals surface area contributed by atoms with Crippen molar-refractivity contribution >= 4 is 5.52 Å². The van der Waals surface area contributed by atoms with Gasteiger partial charge in [-0.3, -0.25) is 4.98 Å². The van der Waals surface area contributed by atoms with Gasteiger partial charge in [-0.05, 0) is 13.8 Å². The summed E-state index contributed by atoms with van der Waals surface area (Å²) >= 11 is 0. The van der Waals surface area contributed by atoms with Crippen molar-refractivity contribution in [2.45, 2.75) is 26.0 Å². The molecule has 2 rings (SSSR count). The Bertz CT molecular complexity index is 477. The van der Waals surface area contributed by atoms with Gasteiger partial charge in [0.05, 0.1) is 17.4 Å². The van der Waals surface area contributed by atoms with E-state index in [0.717, 1.165) is 11.3 Å². The van der Waals surface area contributed by atoms with Crippen LogP contribution in [0.1, 0.15) is 24.5 Å². The minimum atomic E-state index is -0.752. The number of aliphatic hydroxyl groups is 1. The zero-order chi connectivity index (χ0) is 11.0. The summed E-state index contributed by atoms with van der Waals surface area (Å²) in [6.45, 7) is 3.63. The Labute approximate surface area is 87.6 Å². The number of nitrogens with zero attached hydrogens (tertiary/aromatic N) is 3. The van der Waals surface area contributed by atoms with Gasteiger partial charge in [0, 0.05) is 18.4 Å². The maximum Gasteiger partial charge on any atom is 0.113 e. The van der Waals surface area contributed by atoms with Gasteiger partial charge in [0.15, 0.2) is 0 Å². The molecular weight excluding hydrogens is 192 g/mol. The monoisotopic (exact) mass is 206 g/mol. The van der Waals surface area contributed by atoms with Crippen molar-refractivity contribution in [2.24, 2.45) is 5.73 Å². The summed E-state index contributed by atoms with van der Waals surface area (Å²) in [5, 5.41) is 9.88. The summed E-state index contributed by atoms with van der Waals surface area (Å²) in [5.74, 6) is 0.821. The second kappa shape index (κ2) is 3.60. The largest absolute Gasteiger partial charge is 0.385 e. The van der Waals surface area contributed by atoms with E-state index in [1.807, 2.05) is 17.5 Å². The van der Waals surface area contributed by atoms with Gasteiger partial charge >= 0.3 is 0 Å². The summed E-state index contributed by atoms with van der Waals surface area (Å²) in [7, 11) is 0. The highest BCUT2D eigenvalue weighted by atomic mass is 16.3. The first-order valence-electron chi connectivity index (χ1n) is 4.83. The van der Waals surface area contributed by atoms with Crippen LogP contribution in [0.5, 0.6) is 0 Å². The minimum absolute atomic E-state index is 0.344. The molecule has 80 valence electrons. The van der Waals surface area contributed by atoms with Crippen LogP contribution in [0.2, 0.25) is 0 Å². The molecule has 0 saturated carbocycles. The SMILES string of the molecule is Cc1nc(C(O)C(C)N)c2cnccn12. The van der Waals surface area contributed by atoms with Gasteiger partial charge in [0.1, 0.15) is 11.9 Å². The van der Waals surface area contributed by atoms with Crippen molar-refractivity contribution < 1.29 is 5.11 Å². The van der Waals surface area contributed by atoms with Crippen molar-refractivity contribution in [3.63, 3.8) is 0 Å². The molecule has 2 aromatic heterocycles. The van der Waals surface area contributed by atoms with Crippen molar-refractivity contribution in [2.75, 3.05) is 0 Å². The van der Waals surface area contributed by atoms with Gasteiger partial charge in [-0.2, -0.15) is 0 Å². The summed E-state index contributed by atoms with van der Waals surface area (Å²) in [4.78, 5) is 8.32. The van der Waals surface area contributed by atoms with Crippen LogP contribution in [0.3, 0.4) is 0 Å². The van der Waals surface area contributed by atoms with E-state index in [4.69, 9.17) is 5.73 Å². The summed E-state index contributed by atoms with van der Waals surface area (Å²) in [5.41, 5.74) is 7.05. The third kappa shape index (κ3) is 1.60. The Morgan fingerprint density at radius 3 is 2.93 bits per heavy atom. The second-order valence-electron chi connectivity index (χ2n) is 3.68. The van der Waals surface area contributed by atoms with Crippen molar-refractivity contribution in [3.05, 3.63) is 30.1 Å². The van der Waals surface area contributed by atoms with Crippen LogP contribution in [0.4, 0.5) is 0 Å². The lowest BCUT2D eigenvalue weighted by atomic mass is 10.1. The van der Waals surface area contributed by atoms with Crippen LogP contribution in [-0.4, -0.2) is 25.5 Å². The number of fused-ring (bicyclic) bond motifs is 1. The summed E-state index contributed by atoms with van der Waals surface area (Å²) < 4.78 is 1.88. The fourth-order valence-corrected chi connectivity index (χ4v) is 1.59. The highest BCUT2D eigenvalue weighted by Crippen LogP contribution is 2.20. The average Bonchev–Trinajstić information content (AvgIpc) is 2.56. The molecule has 0 aliphatic heterocycles. The molecule has 2 aromatic rings. The maximum atomic E-state index is 9.88. The van der Waals surface area contributed by atoms with Crippen LogP contribution in [0, 0.1) is 6.92 Å². The topological polar surface area (TPSA) is 76.4 Å². The minimum Gasteiger partial charge on any atom is -0.385 e.